The zero-order chi connectivity index (χ0) is 12.0. The molecule has 2 nitrogen and oxygen atoms in total. The second-order valence-corrected chi connectivity index (χ2v) is 5.30. The summed E-state index contributed by atoms with van der Waals surface area (Å²) in [6, 6.07) is 7.75. The molecule has 0 spiro atoms. The van der Waals surface area contributed by atoms with Crippen molar-refractivity contribution in [1.82, 2.24) is 5.32 Å². The summed E-state index contributed by atoms with van der Waals surface area (Å²) in [5.74, 6) is 0. The Bertz CT molecular complexity index is 320. The summed E-state index contributed by atoms with van der Waals surface area (Å²) in [6.45, 7) is 8.62. The molecule has 0 aliphatic rings. The molecule has 0 heterocycles. The molecule has 0 saturated heterocycles. The van der Waals surface area contributed by atoms with Crippen molar-refractivity contribution in [1.29, 1.82) is 0 Å². The van der Waals surface area contributed by atoms with Gasteiger partial charge in [-0.05, 0) is 38.5 Å². The highest BCUT2D eigenvalue weighted by Crippen LogP contribution is 2.11. The third-order valence-electron chi connectivity index (χ3n) is 2.06. The van der Waals surface area contributed by atoms with Crippen molar-refractivity contribution in [2.24, 2.45) is 0 Å². The largest absolute Gasteiger partial charge is 0.375 e. The SMILES string of the molecule is CC(C)(C)NCCOCc1cccc(Cl)c1. The number of ether oxygens (including phenoxy) is 1. The van der Waals surface area contributed by atoms with Crippen LogP contribution in [-0.2, 0) is 11.3 Å². The molecule has 0 amide bonds. The maximum absolute atomic E-state index is 5.88. The Morgan fingerprint density at radius 2 is 2.06 bits per heavy atom. The van der Waals surface area contributed by atoms with Crippen LogP contribution in [0.4, 0.5) is 0 Å². The summed E-state index contributed by atoms with van der Waals surface area (Å²) in [5, 5.41) is 4.13. The van der Waals surface area contributed by atoms with E-state index in [9.17, 15) is 0 Å². The van der Waals surface area contributed by atoms with Crippen molar-refractivity contribution in [2.75, 3.05) is 13.2 Å². The Morgan fingerprint density at radius 1 is 1.31 bits per heavy atom. The molecular weight excluding hydrogens is 222 g/mol. The van der Waals surface area contributed by atoms with Crippen molar-refractivity contribution < 1.29 is 4.74 Å². The topological polar surface area (TPSA) is 21.3 Å². The van der Waals surface area contributed by atoms with Crippen molar-refractivity contribution >= 4 is 11.6 Å². The molecule has 1 rings (SSSR count). The van der Waals surface area contributed by atoms with Gasteiger partial charge in [0.25, 0.3) is 0 Å². The second-order valence-electron chi connectivity index (χ2n) is 4.86. The van der Waals surface area contributed by atoms with E-state index in [4.69, 9.17) is 16.3 Å². The lowest BCUT2D eigenvalue weighted by molar-refractivity contribution is 0.118. The van der Waals surface area contributed by atoms with Gasteiger partial charge in [-0.25, -0.2) is 0 Å². The van der Waals surface area contributed by atoms with E-state index in [-0.39, 0.29) is 5.54 Å². The minimum Gasteiger partial charge on any atom is -0.375 e. The van der Waals surface area contributed by atoms with E-state index >= 15 is 0 Å². The maximum Gasteiger partial charge on any atom is 0.0718 e. The van der Waals surface area contributed by atoms with Crippen LogP contribution in [0, 0.1) is 0 Å². The summed E-state index contributed by atoms with van der Waals surface area (Å²) < 4.78 is 5.55. The van der Waals surface area contributed by atoms with Gasteiger partial charge in [-0.2, -0.15) is 0 Å². The second kappa shape index (κ2) is 6.24. The molecule has 0 bridgehead atoms. The smallest absolute Gasteiger partial charge is 0.0718 e. The fourth-order valence-corrected chi connectivity index (χ4v) is 1.53. The van der Waals surface area contributed by atoms with Crippen LogP contribution in [0.5, 0.6) is 0 Å². The summed E-state index contributed by atoms with van der Waals surface area (Å²) >= 11 is 5.88. The molecule has 1 aromatic rings. The van der Waals surface area contributed by atoms with Gasteiger partial charge in [0.1, 0.15) is 0 Å². The number of rotatable bonds is 5. The van der Waals surface area contributed by atoms with Gasteiger partial charge >= 0.3 is 0 Å². The zero-order valence-corrected chi connectivity index (χ0v) is 11.0. The van der Waals surface area contributed by atoms with Crippen LogP contribution >= 0.6 is 11.6 Å². The van der Waals surface area contributed by atoms with Gasteiger partial charge in [0.2, 0.25) is 0 Å². The molecule has 0 fully saturated rings. The first-order valence-electron chi connectivity index (χ1n) is 5.54. The number of benzene rings is 1. The van der Waals surface area contributed by atoms with E-state index in [1.165, 1.54) is 0 Å². The van der Waals surface area contributed by atoms with E-state index in [1.807, 2.05) is 24.3 Å². The van der Waals surface area contributed by atoms with Crippen LogP contribution in [0.1, 0.15) is 26.3 Å². The highest BCUT2D eigenvalue weighted by molar-refractivity contribution is 6.30. The van der Waals surface area contributed by atoms with Gasteiger partial charge < -0.3 is 10.1 Å². The first kappa shape index (κ1) is 13.5. The molecule has 0 radical (unpaired) electrons. The first-order chi connectivity index (χ1) is 7.47. The Balaban J connectivity index is 2.17. The number of hydrogen-bond acceptors (Lipinski definition) is 2. The fraction of sp³-hybridized carbons (Fsp3) is 0.538. The summed E-state index contributed by atoms with van der Waals surface area (Å²) in [6.07, 6.45) is 0. The van der Waals surface area contributed by atoms with Crippen LogP contribution in [0.15, 0.2) is 24.3 Å². The maximum atomic E-state index is 5.88. The van der Waals surface area contributed by atoms with E-state index in [0.29, 0.717) is 13.2 Å². The fourth-order valence-electron chi connectivity index (χ4n) is 1.31. The number of hydrogen-bond donors (Lipinski definition) is 1. The van der Waals surface area contributed by atoms with E-state index < -0.39 is 0 Å². The molecule has 0 atom stereocenters. The van der Waals surface area contributed by atoms with Crippen LogP contribution in [0.2, 0.25) is 5.02 Å². The van der Waals surface area contributed by atoms with Gasteiger partial charge in [-0.3, -0.25) is 0 Å². The van der Waals surface area contributed by atoms with Gasteiger partial charge in [0.15, 0.2) is 0 Å². The molecular formula is C13H20ClNO. The van der Waals surface area contributed by atoms with Crippen molar-refractivity contribution in [3.63, 3.8) is 0 Å². The third-order valence-corrected chi connectivity index (χ3v) is 2.29. The minimum atomic E-state index is 0.152. The van der Waals surface area contributed by atoms with Crippen molar-refractivity contribution in [3.05, 3.63) is 34.9 Å². The van der Waals surface area contributed by atoms with Gasteiger partial charge in [0, 0.05) is 17.1 Å². The van der Waals surface area contributed by atoms with E-state index in [1.54, 1.807) is 0 Å². The van der Waals surface area contributed by atoms with Crippen LogP contribution in [0.25, 0.3) is 0 Å². The minimum absolute atomic E-state index is 0.152. The average Bonchev–Trinajstić information content (AvgIpc) is 2.15. The molecule has 0 unspecified atom stereocenters. The van der Waals surface area contributed by atoms with Crippen molar-refractivity contribution in [2.45, 2.75) is 32.9 Å². The average molecular weight is 242 g/mol. The monoisotopic (exact) mass is 241 g/mol. The third kappa shape index (κ3) is 6.11. The molecule has 90 valence electrons. The lowest BCUT2D eigenvalue weighted by Crippen LogP contribution is -2.37. The molecule has 0 saturated carbocycles. The standard InChI is InChI=1S/C13H20ClNO/c1-13(2,3)15-7-8-16-10-11-5-4-6-12(14)9-11/h4-6,9,15H,7-8,10H2,1-3H3. The van der Waals surface area contributed by atoms with Crippen LogP contribution in [0.3, 0.4) is 0 Å². The summed E-state index contributed by atoms with van der Waals surface area (Å²) in [4.78, 5) is 0. The number of nitrogens with one attached hydrogen (secondary N) is 1. The molecule has 16 heavy (non-hydrogen) atoms. The Labute approximate surface area is 103 Å². The predicted octanol–water partition coefficient (Wildman–Crippen LogP) is 3.24. The highest BCUT2D eigenvalue weighted by Gasteiger charge is 2.06. The Hall–Kier alpha value is -0.570. The quantitative estimate of drug-likeness (QED) is 0.800. The van der Waals surface area contributed by atoms with Crippen LogP contribution in [-0.4, -0.2) is 18.7 Å². The van der Waals surface area contributed by atoms with Crippen LogP contribution < -0.4 is 5.32 Å². The highest BCUT2D eigenvalue weighted by atomic mass is 35.5. The molecule has 3 heteroatoms. The lowest BCUT2D eigenvalue weighted by Gasteiger charge is -2.20. The van der Waals surface area contributed by atoms with Crippen molar-refractivity contribution in [3.8, 4) is 0 Å². The zero-order valence-electron chi connectivity index (χ0n) is 10.2. The Morgan fingerprint density at radius 3 is 2.69 bits per heavy atom. The molecule has 0 aliphatic carbocycles. The Kier molecular flexibility index (Phi) is 5.26. The first-order valence-corrected chi connectivity index (χ1v) is 5.92. The van der Waals surface area contributed by atoms with Gasteiger partial charge in [-0.1, -0.05) is 23.7 Å². The summed E-state index contributed by atoms with van der Waals surface area (Å²) in [7, 11) is 0. The van der Waals surface area contributed by atoms with E-state index in [0.717, 1.165) is 17.1 Å². The van der Waals surface area contributed by atoms with E-state index in [2.05, 4.69) is 26.1 Å². The molecule has 0 aromatic heterocycles. The van der Waals surface area contributed by atoms with Gasteiger partial charge in [0.05, 0.1) is 13.2 Å². The predicted molar refractivity (Wildman–Crippen MR) is 68.9 cm³/mol. The molecule has 1 aromatic carbocycles. The van der Waals surface area contributed by atoms with Gasteiger partial charge in [-0.15, -0.1) is 0 Å². The number of halogens is 1. The molecule has 1 N–H and O–H groups in total. The summed E-state index contributed by atoms with van der Waals surface area (Å²) in [5.41, 5.74) is 1.27. The molecule has 0 aliphatic heterocycles. The lowest BCUT2D eigenvalue weighted by atomic mass is 10.1. The normalized spacial score (nSPS) is 11.8.